The zero-order valence-corrected chi connectivity index (χ0v) is 10.6. The second kappa shape index (κ2) is 4.72. The molecule has 1 fully saturated rings. The number of anilines is 2. The molecule has 2 atom stereocenters. The molecule has 1 aliphatic heterocycles. The Morgan fingerprint density at radius 2 is 2.11 bits per heavy atom. The van der Waals surface area contributed by atoms with Crippen molar-refractivity contribution in [2.75, 3.05) is 23.7 Å². The third-order valence-electron chi connectivity index (χ3n) is 3.33. The van der Waals surface area contributed by atoms with E-state index < -0.39 is 6.09 Å². The van der Waals surface area contributed by atoms with Gasteiger partial charge in [0.2, 0.25) is 0 Å². The van der Waals surface area contributed by atoms with Gasteiger partial charge in [0.05, 0.1) is 11.9 Å². The Morgan fingerprint density at radius 1 is 1.39 bits per heavy atom. The van der Waals surface area contributed by atoms with E-state index in [1.54, 1.807) is 12.3 Å². The van der Waals surface area contributed by atoms with Crippen LogP contribution in [0.4, 0.5) is 16.3 Å². The predicted molar refractivity (Wildman–Crippen MR) is 69.7 cm³/mol. The number of pyridine rings is 1. The Bertz CT molecular complexity index is 434. The molecule has 0 aromatic carbocycles. The second-order valence-corrected chi connectivity index (χ2v) is 4.73. The van der Waals surface area contributed by atoms with E-state index in [9.17, 15) is 4.79 Å². The van der Waals surface area contributed by atoms with Crippen LogP contribution in [0.3, 0.4) is 0 Å². The van der Waals surface area contributed by atoms with E-state index in [4.69, 9.17) is 10.8 Å². The maximum Gasteiger partial charge on any atom is 0.407 e. The van der Waals surface area contributed by atoms with Gasteiger partial charge in [0.25, 0.3) is 0 Å². The van der Waals surface area contributed by atoms with Gasteiger partial charge in [-0.1, -0.05) is 0 Å². The topological polar surface area (TPSA) is 82.7 Å². The molecule has 18 heavy (non-hydrogen) atoms. The van der Waals surface area contributed by atoms with Crippen LogP contribution in [0.1, 0.15) is 13.8 Å². The van der Waals surface area contributed by atoms with Gasteiger partial charge in [-0.05, 0) is 26.0 Å². The highest BCUT2D eigenvalue weighted by Gasteiger charge is 2.31. The second-order valence-electron chi connectivity index (χ2n) is 4.73. The number of carboxylic acid groups (broad SMARTS) is 1. The molecule has 1 amide bonds. The van der Waals surface area contributed by atoms with Crippen molar-refractivity contribution in [2.45, 2.75) is 25.9 Å². The molecule has 6 nitrogen and oxygen atoms in total. The zero-order valence-electron chi connectivity index (χ0n) is 10.6. The standard InChI is InChI=1S/C12H18N4O2/c1-8-7-16(12(17)18)9(2)6-15(8)10-3-4-11(13)14-5-10/h3-5,8-9H,6-7H2,1-2H3,(H2,13,14)(H,17,18). The van der Waals surface area contributed by atoms with Crippen molar-refractivity contribution < 1.29 is 9.90 Å². The molecule has 6 heteroatoms. The van der Waals surface area contributed by atoms with Crippen molar-refractivity contribution in [1.29, 1.82) is 0 Å². The van der Waals surface area contributed by atoms with Crippen LogP contribution in [0.25, 0.3) is 0 Å². The third kappa shape index (κ3) is 2.32. The smallest absolute Gasteiger partial charge is 0.407 e. The monoisotopic (exact) mass is 250 g/mol. The molecular formula is C12H18N4O2. The Labute approximate surface area is 106 Å². The molecule has 0 bridgehead atoms. The first-order chi connectivity index (χ1) is 8.49. The molecule has 2 heterocycles. The molecule has 0 radical (unpaired) electrons. The Balaban J connectivity index is 2.16. The molecule has 1 saturated heterocycles. The number of hydrogen-bond acceptors (Lipinski definition) is 4. The quantitative estimate of drug-likeness (QED) is 0.783. The molecule has 3 N–H and O–H groups in total. The van der Waals surface area contributed by atoms with Crippen molar-refractivity contribution in [3.05, 3.63) is 18.3 Å². The van der Waals surface area contributed by atoms with Crippen molar-refractivity contribution in [2.24, 2.45) is 0 Å². The Morgan fingerprint density at radius 3 is 2.67 bits per heavy atom. The van der Waals surface area contributed by atoms with Gasteiger partial charge in [-0.3, -0.25) is 0 Å². The highest BCUT2D eigenvalue weighted by molar-refractivity contribution is 5.66. The first-order valence-corrected chi connectivity index (χ1v) is 5.96. The minimum absolute atomic E-state index is 0.0312. The third-order valence-corrected chi connectivity index (χ3v) is 3.33. The van der Waals surface area contributed by atoms with Gasteiger partial charge in [0.1, 0.15) is 5.82 Å². The lowest BCUT2D eigenvalue weighted by Gasteiger charge is -2.43. The van der Waals surface area contributed by atoms with E-state index >= 15 is 0 Å². The summed E-state index contributed by atoms with van der Waals surface area (Å²) in [5, 5.41) is 9.10. The minimum Gasteiger partial charge on any atom is -0.465 e. The molecule has 0 aliphatic carbocycles. The van der Waals surface area contributed by atoms with Crippen molar-refractivity contribution >= 4 is 17.6 Å². The van der Waals surface area contributed by atoms with E-state index in [0.29, 0.717) is 18.9 Å². The van der Waals surface area contributed by atoms with Crippen LogP contribution in [0.2, 0.25) is 0 Å². The summed E-state index contributed by atoms with van der Waals surface area (Å²) in [6, 6.07) is 3.78. The van der Waals surface area contributed by atoms with Gasteiger partial charge in [0, 0.05) is 25.2 Å². The molecular weight excluding hydrogens is 232 g/mol. The van der Waals surface area contributed by atoms with Gasteiger partial charge < -0.3 is 20.6 Å². The van der Waals surface area contributed by atoms with Gasteiger partial charge in [0.15, 0.2) is 0 Å². The summed E-state index contributed by atoms with van der Waals surface area (Å²) in [4.78, 5) is 18.8. The van der Waals surface area contributed by atoms with Crippen molar-refractivity contribution in [3.63, 3.8) is 0 Å². The summed E-state index contributed by atoms with van der Waals surface area (Å²) in [5.74, 6) is 0.489. The lowest BCUT2D eigenvalue weighted by Crippen LogP contribution is -2.58. The van der Waals surface area contributed by atoms with E-state index in [1.807, 2.05) is 19.9 Å². The summed E-state index contributed by atoms with van der Waals surface area (Å²) < 4.78 is 0. The maximum atomic E-state index is 11.1. The van der Waals surface area contributed by atoms with Crippen molar-refractivity contribution in [1.82, 2.24) is 9.88 Å². The summed E-state index contributed by atoms with van der Waals surface area (Å²) in [6.45, 7) is 5.09. The lowest BCUT2D eigenvalue weighted by molar-refractivity contribution is 0.114. The fourth-order valence-electron chi connectivity index (χ4n) is 2.32. The summed E-state index contributed by atoms with van der Waals surface area (Å²) >= 11 is 0. The number of nitrogens with zero attached hydrogens (tertiary/aromatic N) is 3. The fraction of sp³-hybridized carbons (Fsp3) is 0.500. The maximum absolute atomic E-state index is 11.1. The number of rotatable bonds is 1. The molecule has 1 aromatic rings. The molecule has 98 valence electrons. The summed E-state index contributed by atoms with van der Waals surface area (Å²) in [7, 11) is 0. The Hall–Kier alpha value is -1.98. The van der Waals surface area contributed by atoms with Crippen molar-refractivity contribution in [3.8, 4) is 0 Å². The van der Waals surface area contributed by atoms with E-state index in [0.717, 1.165) is 5.69 Å². The molecule has 2 unspecified atom stereocenters. The van der Waals surface area contributed by atoms with Crippen LogP contribution in [0.5, 0.6) is 0 Å². The minimum atomic E-state index is -0.857. The first kappa shape index (κ1) is 12.5. The number of amides is 1. The average Bonchev–Trinajstić information content (AvgIpc) is 2.32. The number of nitrogens with two attached hydrogens (primary N) is 1. The molecule has 0 saturated carbocycles. The van der Waals surface area contributed by atoms with Crippen LogP contribution < -0.4 is 10.6 Å². The average molecular weight is 250 g/mol. The van der Waals surface area contributed by atoms with Gasteiger partial charge in [-0.2, -0.15) is 0 Å². The summed E-state index contributed by atoms with van der Waals surface area (Å²) in [6.07, 6.45) is 0.874. The zero-order chi connectivity index (χ0) is 13.3. The van der Waals surface area contributed by atoms with Gasteiger partial charge >= 0.3 is 6.09 Å². The number of hydrogen-bond donors (Lipinski definition) is 2. The van der Waals surface area contributed by atoms with E-state index in [-0.39, 0.29) is 12.1 Å². The first-order valence-electron chi connectivity index (χ1n) is 5.96. The molecule has 2 rings (SSSR count). The highest BCUT2D eigenvalue weighted by Crippen LogP contribution is 2.23. The number of carbonyl (C=O) groups is 1. The number of nitrogen functional groups attached to an aromatic ring is 1. The Kier molecular flexibility index (Phi) is 3.27. The normalized spacial score (nSPS) is 24.1. The van der Waals surface area contributed by atoms with Gasteiger partial charge in [-0.15, -0.1) is 0 Å². The molecule has 1 aliphatic rings. The number of aromatic nitrogens is 1. The number of piperazine rings is 1. The van der Waals surface area contributed by atoms with Crippen LogP contribution >= 0.6 is 0 Å². The predicted octanol–water partition coefficient (Wildman–Crippen LogP) is 1.24. The molecule has 1 aromatic heterocycles. The van der Waals surface area contributed by atoms with E-state index in [1.165, 1.54) is 4.90 Å². The van der Waals surface area contributed by atoms with E-state index in [2.05, 4.69) is 9.88 Å². The highest BCUT2D eigenvalue weighted by atomic mass is 16.4. The lowest BCUT2D eigenvalue weighted by atomic mass is 10.1. The SMILES string of the molecule is CC1CN(c2ccc(N)nc2)C(C)CN1C(=O)O. The molecule has 0 spiro atoms. The van der Waals surface area contributed by atoms with Gasteiger partial charge in [-0.25, -0.2) is 9.78 Å². The fourth-order valence-corrected chi connectivity index (χ4v) is 2.32. The van der Waals surface area contributed by atoms with Crippen LogP contribution in [-0.4, -0.2) is 46.3 Å². The van der Waals surface area contributed by atoms with Crippen LogP contribution in [-0.2, 0) is 0 Å². The van der Waals surface area contributed by atoms with Crippen LogP contribution in [0, 0.1) is 0 Å². The summed E-state index contributed by atoms with van der Waals surface area (Å²) in [5.41, 5.74) is 6.54. The van der Waals surface area contributed by atoms with Crippen LogP contribution in [0.15, 0.2) is 18.3 Å². The largest absolute Gasteiger partial charge is 0.465 e.